The molecule has 3 aromatic carbocycles. The molecule has 1 fully saturated rings. The Morgan fingerprint density at radius 2 is 1.74 bits per heavy atom. The van der Waals surface area contributed by atoms with Crippen LogP contribution in [0.4, 0.5) is 0 Å². The van der Waals surface area contributed by atoms with Crippen LogP contribution in [0, 0.1) is 0 Å². The lowest BCUT2D eigenvalue weighted by atomic mass is 10.1. The monoisotopic (exact) mass is 586 g/mol. The van der Waals surface area contributed by atoms with Gasteiger partial charge in [0.1, 0.15) is 11.8 Å². The van der Waals surface area contributed by atoms with Crippen LogP contribution in [-0.2, 0) is 16.1 Å². The molecule has 0 saturated heterocycles. The molecule has 0 spiro atoms. The number of nitrogens with zero attached hydrogens (tertiary/aromatic N) is 1. The van der Waals surface area contributed by atoms with Gasteiger partial charge in [0.25, 0.3) is 5.91 Å². The third-order valence-corrected chi connectivity index (χ3v) is 7.66. The molecule has 34 heavy (non-hydrogen) atoms. The van der Waals surface area contributed by atoms with E-state index in [9.17, 15) is 9.59 Å². The van der Waals surface area contributed by atoms with Crippen LogP contribution in [0.15, 0.2) is 69.6 Å². The summed E-state index contributed by atoms with van der Waals surface area (Å²) in [5.41, 5.74) is 0.948. The molecule has 3 aromatic rings. The van der Waals surface area contributed by atoms with Crippen LogP contribution < -0.4 is 10.1 Å². The van der Waals surface area contributed by atoms with Crippen molar-refractivity contribution in [1.29, 1.82) is 0 Å². The van der Waals surface area contributed by atoms with Crippen molar-refractivity contribution in [2.24, 2.45) is 0 Å². The molecular formula is C27H28Br2N2O3. The van der Waals surface area contributed by atoms with Crippen molar-refractivity contribution in [2.75, 3.05) is 6.61 Å². The Bertz CT molecular complexity index is 1160. The summed E-state index contributed by atoms with van der Waals surface area (Å²) in [6.07, 6.45) is 4.27. The topological polar surface area (TPSA) is 58.6 Å². The maximum atomic E-state index is 13.3. The lowest BCUT2D eigenvalue weighted by molar-refractivity contribution is -0.142. The van der Waals surface area contributed by atoms with Gasteiger partial charge in [0.05, 0.1) is 4.47 Å². The van der Waals surface area contributed by atoms with Crippen molar-refractivity contribution in [2.45, 2.75) is 51.2 Å². The van der Waals surface area contributed by atoms with E-state index in [1.54, 1.807) is 11.8 Å². The molecule has 0 aromatic heterocycles. The van der Waals surface area contributed by atoms with E-state index < -0.39 is 6.04 Å². The molecule has 2 amide bonds. The van der Waals surface area contributed by atoms with Crippen LogP contribution in [0.25, 0.3) is 10.8 Å². The zero-order valence-electron chi connectivity index (χ0n) is 19.1. The predicted octanol–water partition coefficient (Wildman–Crippen LogP) is 6.22. The number of ether oxygens (including phenoxy) is 1. The highest BCUT2D eigenvalue weighted by atomic mass is 79.9. The van der Waals surface area contributed by atoms with Gasteiger partial charge in [-0.05, 0) is 70.2 Å². The van der Waals surface area contributed by atoms with Gasteiger partial charge in [-0.25, -0.2) is 0 Å². The van der Waals surface area contributed by atoms with Gasteiger partial charge in [-0.15, -0.1) is 0 Å². The Kier molecular flexibility index (Phi) is 8.27. The van der Waals surface area contributed by atoms with Crippen molar-refractivity contribution in [3.8, 4) is 5.75 Å². The largest absolute Gasteiger partial charge is 0.483 e. The van der Waals surface area contributed by atoms with Gasteiger partial charge in [0, 0.05) is 17.1 Å². The highest BCUT2D eigenvalue weighted by Crippen LogP contribution is 2.33. The Morgan fingerprint density at radius 1 is 1.03 bits per heavy atom. The Morgan fingerprint density at radius 3 is 2.47 bits per heavy atom. The SMILES string of the molecule is C[C@@H](C(=O)NC1CCCC1)N(Cc1ccc(Br)cc1)C(=O)COc1ccc2ccccc2c1Br. The van der Waals surface area contributed by atoms with Crippen molar-refractivity contribution < 1.29 is 14.3 Å². The fourth-order valence-corrected chi connectivity index (χ4v) is 5.18. The first-order valence-corrected chi connectivity index (χ1v) is 13.2. The van der Waals surface area contributed by atoms with E-state index in [2.05, 4.69) is 37.2 Å². The van der Waals surface area contributed by atoms with Crippen LogP contribution in [-0.4, -0.2) is 35.4 Å². The zero-order chi connectivity index (χ0) is 24.1. The van der Waals surface area contributed by atoms with E-state index in [1.165, 1.54) is 0 Å². The average molecular weight is 588 g/mol. The Hall–Kier alpha value is -2.38. The second-order valence-corrected chi connectivity index (χ2v) is 10.4. The number of amides is 2. The summed E-state index contributed by atoms with van der Waals surface area (Å²) < 4.78 is 7.70. The predicted molar refractivity (Wildman–Crippen MR) is 142 cm³/mol. The lowest BCUT2D eigenvalue weighted by Gasteiger charge is -2.29. The highest BCUT2D eigenvalue weighted by molar-refractivity contribution is 9.11. The van der Waals surface area contributed by atoms with Gasteiger partial charge in [-0.1, -0.05) is 71.2 Å². The number of nitrogens with one attached hydrogen (secondary N) is 1. The molecule has 0 aliphatic heterocycles. The van der Waals surface area contributed by atoms with Crippen molar-refractivity contribution in [3.63, 3.8) is 0 Å². The normalized spacial score (nSPS) is 14.7. The number of rotatable bonds is 8. The second kappa shape index (κ2) is 11.4. The lowest BCUT2D eigenvalue weighted by Crippen LogP contribution is -2.50. The first-order valence-electron chi connectivity index (χ1n) is 11.6. The molecule has 0 heterocycles. The third kappa shape index (κ3) is 5.99. The molecule has 178 valence electrons. The maximum absolute atomic E-state index is 13.3. The molecule has 0 bridgehead atoms. The van der Waals surface area contributed by atoms with Crippen LogP contribution in [0.2, 0.25) is 0 Å². The van der Waals surface area contributed by atoms with Gasteiger partial charge in [-0.2, -0.15) is 0 Å². The van der Waals surface area contributed by atoms with E-state index >= 15 is 0 Å². The van der Waals surface area contributed by atoms with E-state index in [0.29, 0.717) is 12.3 Å². The summed E-state index contributed by atoms with van der Waals surface area (Å²) in [5, 5.41) is 5.23. The van der Waals surface area contributed by atoms with Crippen LogP contribution in [0.5, 0.6) is 5.75 Å². The Labute approximate surface area is 217 Å². The molecule has 5 nitrogen and oxygen atoms in total. The summed E-state index contributed by atoms with van der Waals surface area (Å²) in [5.74, 6) is 0.236. The minimum Gasteiger partial charge on any atom is -0.483 e. The molecule has 1 aliphatic carbocycles. The number of carbonyl (C=O) groups is 2. The van der Waals surface area contributed by atoms with Crippen LogP contribution >= 0.6 is 31.9 Å². The summed E-state index contributed by atoms with van der Waals surface area (Å²) >= 11 is 7.06. The molecule has 0 radical (unpaired) electrons. The van der Waals surface area contributed by atoms with Crippen molar-refractivity contribution in [3.05, 3.63) is 75.2 Å². The van der Waals surface area contributed by atoms with Gasteiger partial charge in [-0.3, -0.25) is 9.59 Å². The average Bonchev–Trinajstić information content (AvgIpc) is 3.36. The van der Waals surface area contributed by atoms with E-state index in [-0.39, 0.29) is 24.5 Å². The summed E-state index contributed by atoms with van der Waals surface area (Å²) in [6.45, 7) is 1.95. The first kappa shape index (κ1) is 24.7. The molecule has 0 unspecified atom stereocenters. The van der Waals surface area contributed by atoms with Crippen molar-refractivity contribution in [1.82, 2.24) is 10.2 Å². The van der Waals surface area contributed by atoms with Gasteiger partial charge in [0.15, 0.2) is 6.61 Å². The van der Waals surface area contributed by atoms with E-state index in [1.807, 2.05) is 60.7 Å². The fraction of sp³-hybridized carbons (Fsp3) is 0.333. The Balaban J connectivity index is 1.49. The number of benzene rings is 3. The quantitative estimate of drug-likeness (QED) is 0.340. The molecule has 1 saturated carbocycles. The molecular weight excluding hydrogens is 560 g/mol. The highest BCUT2D eigenvalue weighted by Gasteiger charge is 2.29. The molecule has 7 heteroatoms. The summed E-state index contributed by atoms with van der Waals surface area (Å²) in [4.78, 5) is 27.9. The fourth-order valence-electron chi connectivity index (χ4n) is 4.31. The van der Waals surface area contributed by atoms with Gasteiger partial charge < -0.3 is 15.0 Å². The zero-order valence-corrected chi connectivity index (χ0v) is 22.3. The van der Waals surface area contributed by atoms with Gasteiger partial charge in [0.2, 0.25) is 5.91 Å². The first-order chi connectivity index (χ1) is 16.4. The molecule has 1 atom stereocenters. The van der Waals surface area contributed by atoms with E-state index in [4.69, 9.17) is 4.74 Å². The smallest absolute Gasteiger partial charge is 0.261 e. The van der Waals surface area contributed by atoms with Gasteiger partial charge >= 0.3 is 0 Å². The minimum absolute atomic E-state index is 0.121. The third-order valence-electron chi connectivity index (χ3n) is 6.31. The standard InChI is InChI=1S/C27H28Br2N2O3/c1-18(27(33)30-22-7-3-4-8-22)31(16-19-10-13-21(28)14-11-19)25(32)17-34-24-15-12-20-6-2-5-9-23(20)26(24)29/h2,5-6,9-15,18,22H,3-4,7-8,16-17H2,1H3,(H,30,33)/t18-/m0/s1. The number of halogens is 2. The minimum atomic E-state index is -0.611. The molecule has 4 rings (SSSR count). The van der Waals surface area contributed by atoms with Crippen LogP contribution in [0.3, 0.4) is 0 Å². The molecule has 1 N–H and O–H groups in total. The number of fused-ring (bicyclic) bond motifs is 1. The van der Waals surface area contributed by atoms with E-state index in [0.717, 1.165) is 51.0 Å². The van der Waals surface area contributed by atoms with Crippen LogP contribution in [0.1, 0.15) is 38.2 Å². The number of hydrogen-bond acceptors (Lipinski definition) is 3. The second-order valence-electron chi connectivity index (χ2n) is 8.70. The summed E-state index contributed by atoms with van der Waals surface area (Å²) in [7, 11) is 0. The number of carbonyl (C=O) groups excluding carboxylic acids is 2. The number of hydrogen-bond donors (Lipinski definition) is 1. The maximum Gasteiger partial charge on any atom is 0.261 e. The summed E-state index contributed by atoms with van der Waals surface area (Å²) in [6, 6.07) is 19.2. The molecule has 1 aliphatic rings. The van der Waals surface area contributed by atoms with Crippen molar-refractivity contribution >= 4 is 54.4 Å².